The van der Waals surface area contributed by atoms with Crippen LogP contribution in [0.15, 0.2) is 170 Å². The normalized spacial score (nSPS) is 12.2. The van der Waals surface area contributed by atoms with Crippen molar-refractivity contribution in [2.24, 2.45) is 0 Å². The highest BCUT2D eigenvalue weighted by molar-refractivity contribution is 5.85. The molecule has 0 unspecified atom stereocenters. The van der Waals surface area contributed by atoms with E-state index in [4.69, 9.17) is 0 Å². The predicted molar refractivity (Wildman–Crippen MR) is 258 cm³/mol. The third-order valence-electron chi connectivity index (χ3n) is 12.2. The van der Waals surface area contributed by atoms with Gasteiger partial charge in [0.05, 0.1) is 12.1 Å². The zero-order valence-corrected chi connectivity index (χ0v) is 36.3. The Labute approximate surface area is 358 Å². The molecule has 0 spiro atoms. The summed E-state index contributed by atoms with van der Waals surface area (Å²) < 4.78 is 0. The molecule has 0 aromatic heterocycles. The first-order valence-corrected chi connectivity index (χ1v) is 21.2. The van der Waals surface area contributed by atoms with Crippen molar-refractivity contribution in [2.75, 3.05) is 10.6 Å². The van der Waals surface area contributed by atoms with Gasteiger partial charge >= 0.3 is 0 Å². The highest BCUT2D eigenvalue weighted by Gasteiger charge is 2.27. The van der Waals surface area contributed by atoms with E-state index in [-0.39, 0.29) is 12.1 Å². The number of aryl methyl sites for hydroxylation is 8. The molecule has 0 radical (unpaired) electrons. The van der Waals surface area contributed by atoms with Crippen LogP contribution in [0.3, 0.4) is 0 Å². The van der Waals surface area contributed by atoms with Gasteiger partial charge in [-0.1, -0.05) is 133 Å². The molecule has 2 heteroatoms. The summed E-state index contributed by atoms with van der Waals surface area (Å²) >= 11 is 0. The first-order valence-electron chi connectivity index (χ1n) is 21.2. The molecule has 8 aromatic carbocycles. The Morgan fingerprint density at radius 1 is 0.267 bits per heavy atom. The molecule has 0 aliphatic heterocycles. The van der Waals surface area contributed by atoms with Gasteiger partial charge in [-0.3, -0.25) is 0 Å². The number of hydrogen-bond donors (Lipinski definition) is 2. The molecule has 0 aliphatic carbocycles. The Morgan fingerprint density at radius 2 is 0.500 bits per heavy atom. The Bertz CT molecular complexity index is 2380. The van der Waals surface area contributed by atoms with Crippen molar-refractivity contribution < 1.29 is 0 Å². The van der Waals surface area contributed by atoms with Crippen molar-refractivity contribution in [1.82, 2.24) is 0 Å². The molecule has 2 nitrogen and oxygen atoms in total. The molecular weight excluding hydrogens is 725 g/mol. The molecule has 0 amide bonds. The van der Waals surface area contributed by atoms with Crippen LogP contribution in [0, 0.1) is 55.4 Å². The molecule has 8 rings (SSSR count). The molecule has 0 fully saturated rings. The molecule has 8 aromatic rings. The molecular formula is C58H56N2. The fourth-order valence-electron chi connectivity index (χ4n) is 9.48. The van der Waals surface area contributed by atoms with Gasteiger partial charge < -0.3 is 10.6 Å². The topological polar surface area (TPSA) is 24.1 Å². The fraction of sp³-hybridized carbons (Fsp3) is 0.172. The van der Waals surface area contributed by atoms with Crippen molar-refractivity contribution >= 4 is 11.4 Å². The minimum absolute atomic E-state index is 0.153. The number of nitrogens with one attached hydrogen (secondary N) is 2. The van der Waals surface area contributed by atoms with Crippen molar-refractivity contribution in [3.63, 3.8) is 0 Å². The van der Waals surface area contributed by atoms with E-state index in [9.17, 15) is 0 Å². The average Bonchev–Trinajstić information content (AvgIpc) is 3.22. The maximum Gasteiger partial charge on any atom is 0.0757 e. The SMILES string of the molecule is Cc1cccc(C)c1-c1cc(N[C@@H](c2ccccc2)[C@@H](Nc2cc(-c3c(C)cccc3C)cc(-c3c(C)cccc3C)c2)c2ccccc2)cc(-c2c(C)cccc2C)c1. The molecule has 0 saturated carbocycles. The van der Waals surface area contributed by atoms with E-state index < -0.39 is 0 Å². The standard InChI is InChI=1S/C58H56N2/c1-37-19-15-20-38(2)53(37)47-31-48(54-39(3)21-16-22-40(54)4)34-51(33-47)59-57(45-27-11-9-12-28-45)58(46-29-13-10-14-30-46)60-52-35-49(55-41(5)23-17-24-42(55)6)32-50(36-52)56-43(7)25-18-26-44(56)8/h9-36,57-60H,1-8H3/t57-,58-/m0/s1. The van der Waals surface area contributed by atoms with Crippen LogP contribution < -0.4 is 10.6 Å². The summed E-state index contributed by atoms with van der Waals surface area (Å²) in [5.74, 6) is 0. The summed E-state index contributed by atoms with van der Waals surface area (Å²) in [6, 6.07) is 62.2. The van der Waals surface area contributed by atoms with Gasteiger partial charge in [0.15, 0.2) is 0 Å². The lowest BCUT2D eigenvalue weighted by molar-refractivity contribution is 0.650. The van der Waals surface area contributed by atoms with Crippen molar-refractivity contribution in [3.05, 3.63) is 225 Å². The summed E-state index contributed by atoms with van der Waals surface area (Å²) in [5, 5.41) is 8.36. The summed E-state index contributed by atoms with van der Waals surface area (Å²) in [7, 11) is 0. The molecule has 0 heterocycles. The van der Waals surface area contributed by atoms with Gasteiger partial charge in [-0.25, -0.2) is 0 Å². The monoisotopic (exact) mass is 780 g/mol. The minimum atomic E-state index is -0.153. The predicted octanol–water partition coefficient (Wildman–Crippen LogP) is 15.8. The van der Waals surface area contributed by atoms with E-state index in [1.54, 1.807) is 0 Å². The van der Waals surface area contributed by atoms with E-state index in [1.165, 1.54) is 100 Å². The highest BCUT2D eigenvalue weighted by atomic mass is 15.0. The second-order valence-electron chi connectivity index (χ2n) is 16.7. The number of rotatable bonds is 11. The van der Waals surface area contributed by atoms with E-state index in [0.717, 1.165) is 11.4 Å². The van der Waals surface area contributed by atoms with Gasteiger partial charge in [-0.15, -0.1) is 0 Å². The van der Waals surface area contributed by atoms with Gasteiger partial charge in [0.25, 0.3) is 0 Å². The van der Waals surface area contributed by atoms with Crippen LogP contribution in [0.4, 0.5) is 11.4 Å². The van der Waals surface area contributed by atoms with Crippen LogP contribution in [0.2, 0.25) is 0 Å². The lowest BCUT2D eigenvalue weighted by atomic mass is 9.88. The van der Waals surface area contributed by atoms with Crippen molar-refractivity contribution in [1.29, 1.82) is 0 Å². The summed E-state index contributed by atoms with van der Waals surface area (Å²) in [6.07, 6.45) is 0. The van der Waals surface area contributed by atoms with Crippen LogP contribution in [0.5, 0.6) is 0 Å². The molecule has 0 bridgehead atoms. The second-order valence-corrected chi connectivity index (χ2v) is 16.7. The largest absolute Gasteiger partial charge is 0.376 e. The molecule has 0 saturated heterocycles. The van der Waals surface area contributed by atoms with Crippen LogP contribution >= 0.6 is 0 Å². The zero-order chi connectivity index (χ0) is 41.9. The van der Waals surface area contributed by atoms with Gasteiger partial charge in [0.1, 0.15) is 0 Å². The van der Waals surface area contributed by atoms with Crippen molar-refractivity contribution in [2.45, 2.75) is 67.5 Å². The third-order valence-corrected chi connectivity index (χ3v) is 12.2. The Balaban J connectivity index is 1.33. The van der Waals surface area contributed by atoms with Crippen LogP contribution in [0.25, 0.3) is 44.5 Å². The Morgan fingerprint density at radius 3 is 0.733 bits per heavy atom. The maximum absolute atomic E-state index is 4.18. The van der Waals surface area contributed by atoms with Gasteiger partial charge in [-0.05, 0) is 192 Å². The third kappa shape index (κ3) is 8.29. The average molecular weight is 781 g/mol. The lowest BCUT2D eigenvalue weighted by Gasteiger charge is -2.32. The first kappa shape index (κ1) is 40.2. The molecule has 60 heavy (non-hydrogen) atoms. The van der Waals surface area contributed by atoms with E-state index in [2.05, 4.69) is 236 Å². The van der Waals surface area contributed by atoms with Gasteiger partial charge in [0.2, 0.25) is 0 Å². The van der Waals surface area contributed by atoms with Crippen LogP contribution in [0.1, 0.15) is 67.7 Å². The number of benzene rings is 8. The second kappa shape index (κ2) is 17.3. The maximum atomic E-state index is 4.18. The summed E-state index contributed by atoms with van der Waals surface area (Å²) in [4.78, 5) is 0. The molecule has 2 N–H and O–H groups in total. The van der Waals surface area contributed by atoms with E-state index in [0.29, 0.717) is 0 Å². The zero-order valence-electron chi connectivity index (χ0n) is 36.3. The molecule has 298 valence electrons. The van der Waals surface area contributed by atoms with Crippen LogP contribution in [-0.4, -0.2) is 0 Å². The van der Waals surface area contributed by atoms with E-state index in [1.807, 2.05) is 0 Å². The molecule has 0 aliphatic rings. The van der Waals surface area contributed by atoms with Crippen molar-refractivity contribution in [3.8, 4) is 44.5 Å². The van der Waals surface area contributed by atoms with E-state index >= 15 is 0 Å². The lowest BCUT2D eigenvalue weighted by Crippen LogP contribution is -2.26. The minimum Gasteiger partial charge on any atom is -0.376 e. The number of hydrogen-bond acceptors (Lipinski definition) is 2. The Kier molecular flexibility index (Phi) is 11.6. The molecule has 2 atom stereocenters. The number of anilines is 2. The summed E-state index contributed by atoms with van der Waals surface area (Å²) in [5.41, 5.74) is 24.7. The van der Waals surface area contributed by atoms with Gasteiger partial charge in [0, 0.05) is 11.4 Å². The Hall–Kier alpha value is -6.64. The quantitative estimate of drug-likeness (QED) is 0.137. The summed E-state index contributed by atoms with van der Waals surface area (Å²) in [6.45, 7) is 17.8. The first-order chi connectivity index (χ1) is 29.0. The highest BCUT2D eigenvalue weighted by Crippen LogP contribution is 2.42. The van der Waals surface area contributed by atoms with Crippen LogP contribution in [-0.2, 0) is 0 Å². The van der Waals surface area contributed by atoms with Gasteiger partial charge in [-0.2, -0.15) is 0 Å². The smallest absolute Gasteiger partial charge is 0.0757 e. The fourth-order valence-corrected chi connectivity index (χ4v) is 9.48.